The molecule has 1 unspecified atom stereocenters. The molecule has 0 saturated heterocycles. The van der Waals surface area contributed by atoms with E-state index in [9.17, 15) is 0 Å². The summed E-state index contributed by atoms with van der Waals surface area (Å²) in [6.45, 7) is 2.09. The number of aryl methyl sites for hydroxylation is 1. The van der Waals surface area contributed by atoms with E-state index in [1.54, 1.807) is 0 Å². The lowest BCUT2D eigenvalue weighted by atomic mass is 9.98. The molecular formula is C12H16N2. The van der Waals surface area contributed by atoms with Crippen molar-refractivity contribution in [1.82, 2.24) is 4.90 Å². The molecule has 1 rings (SSSR count). The number of nitriles is 1. The monoisotopic (exact) mass is 188 g/mol. The maximum absolute atomic E-state index is 8.76. The van der Waals surface area contributed by atoms with Crippen LogP contribution in [-0.4, -0.2) is 19.0 Å². The van der Waals surface area contributed by atoms with E-state index < -0.39 is 0 Å². The minimum absolute atomic E-state index is 0.209. The lowest BCUT2D eigenvalue weighted by Crippen LogP contribution is -2.20. The Labute approximate surface area is 85.8 Å². The van der Waals surface area contributed by atoms with Crippen molar-refractivity contribution in [2.24, 2.45) is 0 Å². The van der Waals surface area contributed by atoms with Crippen LogP contribution in [0.3, 0.4) is 0 Å². The summed E-state index contributed by atoms with van der Waals surface area (Å²) in [5.74, 6) is 0. The number of rotatable bonds is 3. The van der Waals surface area contributed by atoms with Gasteiger partial charge >= 0.3 is 0 Å². The molecule has 0 saturated carbocycles. The van der Waals surface area contributed by atoms with E-state index in [1.165, 1.54) is 11.1 Å². The SMILES string of the molecule is Cc1ccccc1C(CC#N)N(C)C. The summed E-state index contributed by atoms with van der Waals surface area (Å²) in [7, 11) is 4.02. The normalized spacial score (nSPS) is 12.5. The van der Waals surface area contributed by atoms with Crippen molar-refractivity contribution >= 4 is 0 Å². The molecule has 0 aliphatic carbocycles. The molecule has 2 heteroatoms. The van der Waals surface area contributed by atoms with E-state index in [1.807, 2.05) is 26.2 Å². The van der Waals surface area contributed by atoms with Crippen LogP contribution in [0.15, 0.2) is 24.3 Å². The Morgan fingerprint density at radius 1 is 1.36 bits per heavy atom. The number of nitrogens with zero attached hydrogens (tertiary/aromatic N) is 2. The molecule has 0 aliphatic heterocycles. The average Bonchev–Trinajstić information content (AvgIpc) is 2.15. The summed E-state index contributed by atoms with van der Waals surface area (Å²) < 4.78 is 0. The lowest BCUT2D eigenvalue weighted by molar-refractivity contribution is 0.302. The lowest BCUT2D eigenvalue weighted by Gasteiger charge is -2.23. The summed E-state index contributed by atoms with van der Waals surface area (Å²) in [5, 5.41) is 8.76. The summed E-state index contributed by atoms with van der Waals surface area (Å²) >= 11 is 0. The highest BCUT2D eigenvalue weighted by Crippen LogP contribution is 2.24. The van der Waals surface area contributed by atoms with Gasteiger partial charge in [0.15, 0.2) is 0 Å². The third-order valence-corrected chi connectivity index (χ3v) is 2.46. The Balaban J connectivity index is 3.00. The van der Waals surface area contributed by atoms with Gasteiger partial charge in [-0.2, -0.15) is 5.26 Å². The smallest absolute Gasteiger partial charge is 0.0641 e. The van der Waals surface area contributed by atoms with Crippen molar-refractivity contribution in [3.63, 3.8) is 0 Å². The molecule has 0 N–H and O–H groups in total. The van der Waals surface area contributed by atoms with Crippen LogP contribution in [0.2, 0.25) is 0 Å². The van der Waals surface area contributed by atoms with E-state index in [0.29, 0.717) is 6.42 Å². The van der Waals surface area contributed by atoms with Crippen molar-refractivity contribution in [2.45, 2.75) is 19.4 Å². The first kappa shape index (κ1) is 10.7. The van der Waals surface area contributed by atoms with E-state index in [-0.39, 0.29) is 6.04 Å². The molecule has 1 aromatic rings. The van der Waals surface area contributed by atoms with Crippen LogP contribution >= 0.6 is 0 Å². The highest BCUT2D eigenvalue weighted by molar-refractivity contribution is 5.29. The van der Waals surface area contributed by atoms with E-state index >= 15 is 0 Å². The zero-order valence-electron chi connectivity index (χ0n) is 8.99. The summed E-state index contributed by atoms with van der Waals surface area (Å²) in [5.41, 5.74) is 2.50. The number of hydrogen-bond donors (Lipinski definition) is 0. The third-order valence-electron chi connectivity index (χ3n) is 2.46. The second-order valence-corrected chi connectivity index (χ2v) is 3.70. The predicted molar refractivity (Wildman–Crippen MR) is 57.8 cm³/mol. The first-order valence-electron chi connectivity index (χ1n) is 4.75. The van der Waals surface area contributed by atoms with Gasteiger partial charge in [0.1, 0.15) is 0 Å². The molecule has 0 aliphatic rings. The van der Waals surface area contributed by atoms with Gasteiger partial charge in [-0.25, -0.2) is 0 Å². The van der Waals surface area contributed by atoms with Gasteiger partial charge in [0, 0.05) is 6.04 Å². The van der Waals surface area contributed by atoms with Crippen molar-refractivity contribution < 1.29 is 0 Å². The Bertz CT molecular complexity index is 336. The molecule has 1 aromatic carbocycles. The predicted octanol–water partition coefficient (Wildman–Crippen LogP) is 2.51. The van der Waals surface area contributed by atoms with Crippen molar-refractivity contribution in [2.75, 3.05) is 14.1 Å². The molecular weight excluding hydrogens is 172 g/mol. The minimum atomic E-state index is 0.209. The zero-order chi connectivity index (χ0) is 10.6. The number of benzene rings is 1. The van der Waals surface area contributed by atoms with E-state index in [4.69, 9.17) is 5.26 Å². The van der Waals surface area contributed by atoms with Crippen LogP contribution in [-0.2, 0) is 0 Å². The fourth-order valence-corrected chi connectivity index (χ4v) is 1.62. The molecule has 0 fully saturated rings. The van der Waals surface area contributed by atoms with Crippen molar-refractivity contribution in [3.05, 3.63) is 35.4 Å². The standard InChI is InChI=1S/C12H16N2/c1-10-6-4-5-7-11(10)12(8-9-13)14(2)3/h4-7,12H,8H2,1-3H3. The molecule has 0 heterocycles. The Hall–Kier alpha value is -1.33. The molecule has 74 valence electrons. The van der Waals surface area contributed by atoms with Gasteiger partial charge in [0.25, 0.3) is 0 Å². The molecule has 2 nitrogen and oxygen atoms in total. The zero-order valence-corrected chi connectivity index (χ0v) is 8.99. The molecule has 14 heavy (non-hydrogen) atoms. The fraction of sp³-hybridized carbons (Fsp3) is 0.417. The van der Waals surface area contributed by atoms with Crippen molar-refractivity contribution in [3.8, 4) is 6.07 Å². The van der Waals surface area contributed by atoms with Crippen LogP contribution in [0.4, 0.5) is 0 Å². The van der Waals surface area contributed by atoms with Crippen LogP contribution in [0.1, 0.15) is 23.6 Å². The quantitative estimate of drug-likeness (QED) is 0.728. The van der Waals surface area contributed by atoms with Gasteiger partial charge in [-0.05, 0) is 32.1 Å². The van der Waals surface area contributed by atoms with E-state index in [2.05, 4.69) is 30.0 Å². The molecule has 0 bridgehead atoms. The topological polar surface area (TPSA) is 27.0 Å². The fourth-order valence-electron chi connectivity index (χ4n) is 1.62. The molecule has 0 amide bonds. The molecule has 0 aromatic heterocycles. The van der Waals surface area contributed by atoms with Gasteiger partial charge < -0.3 is 4.90 Å². The highest BCUT2D eigenvalue weighted by Gasteiger charge is 2.14. The van der Waals surface area contributed by atoms with Crippen LogP contribution in [0, 0.1) is 18.3 Å². The first-order chi connectivity index (χ1) is 6.66. The maximum Gasteiger partial charge on any atom is 0.0641 e. The summed E-state index contributed by atoms with van der Waals surface area (Å²) in [6, 6.07) is 10.7. The van der Waals surface area contributed by atoms with Crippen molar-refractivity contribution in [1.29, 1.82) is 5.26 Å². The third kappa shape index (κ3) is 2.34. The summed E-state index contributed by atoms with van der Waals surface area (Å²) in [4.78, 5) is 2.09. The maximum atomic E-state index is 8.76. The van der Waals surface area contributed by atoms with E-state index in [0.717, 1.165) is 0 Å². The molecule has 1 atom stereocenters. The minimum Gasteiger partial charge on any atom is -0.301 e. The van der Waals surface area contributed by atoms with Gasteiger partial charge in [0.05, 0.1) is 12.5 Å². The Kier molecular flexibility index (Phi) is 3.67. The second-order valence-electron chi connectivity index (χ2n) is 3.70. The Morgan fingerprint density at radius 2 is 2.00 bits per heavy atom. The van der Waals surface area contributed by atoms with Gasteiger partial charge in [-0.3, -0.25) is 0 Å². The second kappa shape index (κ2) is 4.78. The highest BCUT2D eigenvalue weighted by atomic mass is 15.1. The number of hydrogen-bond acceptors (Lipinski definition) is 2. The van der Waals surface area contributed by atoms with Gasteiger partial charge in [0.2, 0.25) is 0 Å². The van der Waals surface area contributed by atoms with Crippen LogP contribution in [0.5, 0.6) is 0 Å². The molecule has 0 radical (unpaired) electrons. The molecule has 0 spiro atoms. The summed E-state index contributed by atoms with van der Waals surface area (Å²) in [6.07, 6.45) is 0.540. The largest absolute Gasteiger partial charge is 0.301 e. The first-order valence-corrected chi connectivity index (χ1v) is 4.75. The van der Waals surface area contributed by atoms with Crippen LogP contribution < -0.4 is 0 Å². The van der Waals surface area contributed by atoms with Gasteiger partial charge in [-0.15, -0.1) is 0 Å². The average molecular weight is 188 g/mol. The van der Waals surface area contributed by atoms with Crippen LogP contribution in [0.25, 0.3) is 0 Å². The van der Waals surface area contributed by atoms with Gasteiger partial charge in [-0.1, -0.05) is 24.3 Å². The Morgan fingerprint density at radius 3 is 2.50 bits per heavy atom.